The molecule has 0 spiro atoms. The summed E-state index contributed by atoms with van der Waals surface area (Å²) in [7, 11) is 0. The highest BCUT2D eigenvalue weighted by Gasteiger charge is 2.34. The Labute approximate surface area is 184 Å². The van der Waals surface area contributed by atoms with Crippen molar-refractivity contribution in [3.8, 4) is 0 Å². The van der Waals surface area contributed by atoms with Gasteiger partial charge in [-0.05, 0) is 25.8 Å². The van der Waals surface area contributed by atoms with Gasteiger partial charge in [0.25, 0.3) is 0 Å². The van der Waals surface area contributed by atoms with Gasteiger partial charge in [-0.1, -0.05) is 30.3 Å². The van der Waals surface area contributed by atoms with Crippen molar-refractivity contribution in [1.82, 2.24) is 16.0 Å². The van der Waals surface area contributed by atoms with Gasteiger partial charge in [0.15, 0.2) is 0 Å². The third-order valence-corrected chi connectivity index (χ3v) is 4.56. The molecule has 178 valence electrons. The van der Waals surface area contributed by atoms with Gasteiger partial charge in [-0.2, -0.15) is 0 Å². The molecule has 0 aromatic heterocycles. The third-order valence-electron chi connectivity index (χ3n) is 4.56. The van der Waals surface area contributed by atoms with Crippen molar-refractivity contribution in [2.45, 2.75) is 56.6 Å². The molecule has 0 aliphatic rings. The maximum Gasteiger partial charge on any atom is 0.328 e. The Hall–Kier alpha value is -3.06. The maximum atomic E-state index is 12.6. The summed E-state index contributed by atoms with van der Waals surface area (Å²) in [5.41, 5.74) is 6.67. The van der Waals surface area contributed by atoms with Gasteiger partial charge in [0.2, 0.25) is 17.7 Å². The van der Waals surface area contributed by atoms with Gasteiger partial charge in [-0.3, -0.25) is 14.4 Å². The van der Waals surface area contributed by atoms with Crippen LogP contribution in [-0.2, 0) is 25.6 Å². The molecule has 12 nitrogen and oxygen atoms in total. The summed E-state index contributed by atoms with van der Waals surface area (Å²) in [6.07, 6.45) is -2.67. The minimum atomic E-state index is -1.65. The zero-order valence-corrected chi connectivity index (χ0v) is 17.8. The Morgan fingerprint density at radius 3 is 1.78 bits per heavy atom. The van der Waals surface area contributed by atoms with E-state index in [2.05, 4.69) is 10.6 Å². The van der Waals surface area contributed by atoms with E-state index in [1.54, 1.807) is 30.3 Å². The van der Waals surface area contributed by atoms with Crippen molar-refractivity contribution >= 4 is 23.7 Å². The van der Waals surface area contributed by atoms with Crippen LogP contribution in [0.4, 0.5) is 0 Å². The first-order valence-electron chi connectivity index (χ1n) is 9.88. The lowest BCUT2D eigenvalue weighted by atomic mass is 10.0. The summed E-state index contributed by atoms with van der Waals surface area (Å²) < 4.78 is 0. The van der Waals surface area contributed by atoms with E-state index in [0.717, 1.165) is 5.56 Å². The number of nitrogens with two attached hydrogens (primary N) is 1. The predicted octanol–water partition coefficient (Wildman–Crippen LogP) is -3.15. The van der Waals surface area contributed by atoms with E-state index in [-0.39, 0.29) is 6.42 Å². The van der Waals surface area contributed by atoms with E-state index in [9.17, 15) is 29.4 Å². The molecule has 0 saturated heterocycles. The van der Waals surface area contributed by atoms with Crippen LogP contribution in [0.2, 0.25) is 0 Å². The van der Waals surface area contributed by atoms with E-state index < -0.39 is 66.7 Å². The molecule has 32 heavy (non-hydrogen) atoms. The third kappa shape index (κ3) is 8.23. The molecule has 6 unspecified atom stereocenters. The monoisotopic (exact) mass is 454 g/mol. The van der Waals surface area contributed by atoms with Crippen LogP contribution >= 0.6 is 0 Å². The molecule has 9 N–H and O–H groups in total. The van der Waals surface area contributed by atoms with Crippen LogP contribution in [0, 0.1) is 0 Å². The fourth-order valence-electron chi connectivity index (χ4n) is 2.72. The van der Waals surface area contributed by atoms with Crippen LogP contribution in [-0.4, -0.2) is 87.1 Å². The standard InChI is InChI=1S/C20H30N4O8/c1-10(26)15(18(29)22-14(9-25)20(31)32)24-19(30)16(11(2)27)23-17(28)13(21)8-12-6-4-3-5-7-12/h3-7,10-11,13-16,25-27H,8-9,21H2,1-2H3,(H,22,29)(H,23,28)(H,24,30)(H,31,32). The number of carboxylic acids is 1. The van der Waals surface area contributed by atoms with Crippen molar-refractivity contribution in [1.29, 1.82) is 0 Å². The highest BCUT2D eigenvalue weighted by Crippen LogP contribution is 2.04. The van der Waals surface area contributed by atoms with Gasteiger partial charge < -0.3 is 42.1 Å². The number of aliphatic carboxylic acids is 1. The molecule has 0 radical (unpaired) electrons. The SMILES string of the molecule is CC(O)C(NC(=O)C(N)Cc1ccccc1)C(=O)NC(C(=O)NC(CO)C(=O)O)C(C)O. The largest absolute Gasteiger partial charge is 0.480 e. The topological polar surface area (TPSA) is 211 Å². The molecule has 0 fully saturated rings. The second-order valence-corrected chi connectivity index (χ2v) is 7.33. The molecule has 3 amide bonds. The number of carboxylic acid groups (broad SMARTS) is 1. The van der Waals surface area contributed by atoms with Gasteiger partial charge in [-0.25, -0.2) is 4.79 Å². The van der Waals surface area contributed by atoms with Crippen LogP contribution in [0.15, 0.2) is 30.3 Å². The van der Waals surface area contributed by atoms with E-state index in [0.29, 0.717) is 0 Å². The first-order valence-corrected chi connectivity index (χ1v) is 9.88. The minimum absolute atomic E-state index is 0.178. The molecule has 6 atom stereocenters. The smallest absolute Gasteiger partial charge is 0.328 e. The number of benzene rings is 1. The van der Waals surface area contributed by atoms with Crippen molar-refractivity contribution < 1.29 is 39.6 Å². The van der Waals surface area contributed by atoms with Crippen LogP contribution in [0.25, 0.3) is 0 Å². The number of carbonyl (C=O) groups excluding carboxylic acids is 3. The zero-order valence-electron chi connectivity index (χ0n) is 17.8. The number of aliphatic hydroxyl groups excluding tert-OH is 3. The predicted molar refractivity (Wildman–Crippen MR) is 112 cm³/mol. The molecule has 0 aliphatic carbocycles. The molecular weight excluding hydrogens is 424 g/mol. The van der Waals surface area contributed by atoms with Crippen molar-refractivity contribution in [3.05, 3.63) is 35.9 Å². The quantitative estimate of drug-likeness (QED) is 0.160. The number of amides is 3. The molecule has 0 saturated carbocycles. The van der Waals surface area contributed by atoms with Gasteiger partial charge >= 0.3 is 5.97 Å². The van der Waals surface area contributed by atoms with Gasteiger partial charge in [0.05, 0.1) is 24.9 Å². The lowest BCUT2D eigenvalue weighted by molar-refractivity contribution is -0.144. The second kappa shape index (κ2) is 12.7. The van der Waals surface area contributed by atoms with Gasteiger partial charge in [0, 0.05) is 0 Å². The summed E-state index contributed by atoms with van der Waals surface area (Å²) in [5.74, 6) is -4.32. The molecule has 1 aromatic rings. The van der Waals surface area contributed by atoms with Crippen molar-refractivity contribution in [2.75, 3.05) is 6.61 Å². The van der Waals surface area contributed by atoms with E-state index in [1.165, 1.54) is 13.8 Å². The second-order valence-electron chi connectivity index (χ2n) is 7.33. The van der Waals surface area contributed by atoms with Crippen LogP contribution in [0.3, 0.4) is 0 Å². The maximum absolute atomic E-state index is 12.6. The number of rotatable bonds is 12. The Morgan fingerprint density at radius 2 is 1.34 bits per heavy atom. The summed E-state index contributed by atoms with van der Waals surface area (Å²) in [6, 6.07) is 3.10. The van der Waals surface area contributed by atoms with Crippen LogP contribution < -0.4 is 21.7 Å². The lowest BCUT2D eigenvalue weighted by Crippen LogP contribution is -2.62. The average molecular weight is 454 g/mol. The first kappa shape index (κ1) is 27.0. The number of hydrogen-bond donors (Lipinski definition) is 8. The number of nitrogens with one attached hydrogen (secondary N) is 3. The summed E-state index contributed by atoms with van der Waals surface area (Å²) >= 11 is 0. The van der Waals surface area contributed by atoms with Gasteiger partial charge in [-0.15, -0.1) is 0 Å². The van der Waals surface area contributed by atoms with Crippen LogP contribution in [0.5, 0.6) is 0 Å². The van der Waals surface area contributed by atoms with Gasteiger partial charge in [0.1, 0.15) is 18.1 Å². The molecule has 0 heterocycles. The normalized spacial score (nSPS) is 16.6. The van der Waals surface area contributed by atoms with Crippen LogP contribution in [0.1, 0.15) is 19.4 Å². The summed E-state index contributed by atoms with van der Waals surface area (Å²) in [5, 5.41) is 44.2. The van der Waals surface area contributed by atoms with E-state index in [4.69, 9.17) is 15.9 Å². The summed E-state index contributed by atoms with van der Waals surface area (Å²) in [6.45, 7) is 1.50. The summed E-state index contributed by atoms with van der Waals surface area (Å²) in [4.78, 5) is 48.3. The number of aliphatic hydroxyl groups is 3. The van der Waals surface area contributed by atoms with Crippen molar-refractivity contribution in [3.63, 3.8) is 0 Å². The molecular formula is C20H30N4O8. The number of hydrogen-bond acceptors (Lipinski definition) is 8. The Balaban J connectivity index is 2.85. The van der Waals surface area contributed by atoms with E-state index in [1.807, 2.05) is 5.32 Å². The van der Waals surface area contributed by atoms with E-state index >= 15 is 0 Å². The number of carbonyl (C=O) groups is 4. The highest BCUT2D eigenvalue weighted by molar-refractivity contribution is 5.94. The Kier molecular flexibility index (Phi) is 10.7. The highest BCUT2D eigenvalue weighted by atomic mass is 16.4. The zero-order chi connectivity index (χ0) is 24.4. The Morgan fingerprint density at radius 1 is 0.875 bits per heavy atom. The molecule has 0 aliphatic heterocycles. The molecule has 12 heteroatoms. The lowest BCUT2D eigenvalue weighted by Gasteiger charge is -2.27. The fourth-order valence-corrected chi connectivity index (χ4v) is 2.72. The first-order chi connectivity index (χ1) is 15.0. The molecule has 1 rings (SSSR count). The fraction of sp³-hybridized carbons (Fsp3) is 0.500. The van der Waals surface area contributed by atoms with Crippen molar-refractivity contribution in [2.24, 2.45) is 5.73 Å². The average Bonchev–Trinajstić information content (AvgIpc) is 2.73. The Bertz CT molecular complexity index is 787. The molecule has 1 aromatic carbocycles. The minimum Gasteiger partial charge on any atom is -0.480 e. The molecule has 0 bridgehead atoms.